The molecule has 154 valence electrons. The van der Waals surface area contributed by atoms with Crippen LogP contribution in [0.4, 0.5) is 5.69 Å². The zero-order chi connectivity index (χ0) is 20.2. The molecule has 1 aromatic heterocycles. The van der Waals surface area contributed by atoms with E-state index >= 15 is 0 Å². The Morgan fingerprint density at radius 2 is 1.90 bits per heavy atom. The Hall–Kier alpha value is -2.44. The molecule has 1 N–H and O–H groups in total. The number of benzene rings is 1. The first kappa shape index (κ1) is 19.9. The molecule has 0 bridgehead atoms. The fraction of sp³-hybridized carbons (Fsp3) is 0.478. The van der Waals surface area contributed by atoms with Gasteiger partial charge in [0.15, 0.2) is 0 Å². The second-order valence-corrected chi connectivity index (χ2v) is 7.93. The largest absolute Gasteiger partial charge is 0.379 e. The number of anilines is 1. The average Bonchev–Trinajstić information content (AvgIpc) is 2.74. The third kappa shape index (κ3) is 4.43. The number of amides is 1. The minimum absolute atomic E-state index is 0.222. The van der Waals surface area contributed by atoms with Crippen LogP contribution in [0.1, 0.15) is 39.9 Å². The maximum absolute atomic E-state index is 13.0. The van der Waals surface area contributed by atoms with Gasteiger partial charge in [0.25, 0.3) is 11.5 Å². The van der Waals surface area contributed by atoms with Crippen molar-refractivity contribution in [3.05, 3.63) is 63.1 Å². The summed E-state index contributed by atoms with van der Waals surface area (Å²) in [4.78, 5) is 28.4. The van der Waals surface area contributed by atoms with E-state index in [1.165, 1.54) is 17.5 Å². The van der Waals surface area contributed by atoms with Gasteiger partial charge in [-0.1, -0.05) is 12.1 Å². The first-order chi connectivity index (χ1) is 14.1. The Bertz CT molecular complexity index is 945. The van der Waals surface area contributed by atoms with Crippen LogP contribution < -0.4 is 10.9 Å². The standard InChI is InChI=1S/C23H29N3O3/c1-17-9-10-26(12-11-25-13-15-29-16-14-25)23(28)21(17)22(27)24-20-8-4-6-18-5-2-3-7-19(18)20/h4,6,8-10H,2-3,5,7,11-16H2,1H3,(H,24,27). The monoisotopic (exact) mass is 395 g/mol. The summed E-state index contributed by atoms with van der Waals surface area (Å²) in [6.45, 7) is 6.40. The maximum atomic E-state index is 13.0. The molecule has 6 heteroatoms. The summed E-state index contributed by atoms with van der Waals surface area (Å²) < 4.78 is 7.03. The summed E-state index contributed by atoms with van der Waals surface area (Å²) in [6, 6.07) is 7.92. The van der Waals surface area contributed by atoms with Gasteiger partial charge in [-0.15, -0.1) is 0 Å². The highest BCUT2D eigenvalue weighted by atomic mass is 16.5. The van der Waals surface area contributed by atoms with Crippen LogP contribution >= 0.6 is 0 Å². The van der Waals surface area contributed by atoms with Crippen molar-refractivity contribution in [3.63, 3.8) is 0 Å². The predicted molar refractivity (Wildman–Crippen MR) is 114 cm³/mol. The molecule has 2 aliphatic rings. The molecule has 1 saturated heterocycles. The highest BCUT2D eigenvalue weighted by Crippen LogP contribution is 2.28. The van der Waals surface area contributed by atoms with E-state index in [0.29, 0.717) is 12.1 Å². The molecule has 2 heterocycles. The number of hydrogen-bond donors (Lipinski definition) is 1. The van der Waals surface area contributed by atoms with Crippen molar-refractivity contribution < 1.29 is 9.53 Å². The molecule has 2 aromatic rings. The van der Waals surface area contributed by atoms with E-state index in [1.54, 1.807) is 10.8 Å². The van der Waals surface area contributed by atoms with Crippen molar-refractivity contribution in [2.24, 2.45) is 0 Å². The average molecular weight is 396 g/mol. The Labute approximate surface area is 171 Å². The van der Waals surface area contributed by atoms with Crippen LogP contribution in [0.15, 0.2) is 35.3 Å². The van der Waals surface area contributed by atoms with Crippen LogP contribution in [0.25, 0.3) is 0 Å². The number of carbonyl (C=O) groups is 1. The molecule has 0 atom stereocenters. The number of ether oxygens (including phenoxy) is 1. The van der Waals surface area contributed by atoms with Crippen molar-refractivity contribution in [3.8, 4) is 0 Å². The van der Waals surface area contributed by atoms with Gasteiger partial charge in [-0.05, 0) is 61.4 Å². The number of aryl methyl sites for hydroxylation is 2. The summed E-state index contributed by atoms with van der Waals surface area (Å²) in [5, 5.41) is 3.02. The summed E-state index contributed by atoms with van der Waals surface area (Å²) in [5.41, 5.74) is 4.09. The Kier molecular flexibility index (Phi) is 6.11. The molecule has 0 spiro atoms. The molecule has 0 unspecified atom stereocenters. The lowest BCUT2D eigenvalue weighted by atomic mass is 9.90. The van der Waals surface area contributed by atoms with Crippen molar-refractivity contribution in [1.82, 2.24) is 9.47 Å². The third-order valence-electron chi connectivity index (χ3n) is 6.01. The van der Waals surface area contributed by atoms with Crippen LogP contribution in [-0.4, -0.2) is 48.2 Å². The van der Waals surface area contributed by atoms with E-state index in [0.717, 1.165) is 57.8 Å². The van der Waals surface area contributed by atoms with Gasteiger partial charge in [0.1, 0.15) is 5.56 Å². The Balaban J connectivity index is 1.53. The lowest BCUT2D eigenvalue weighted by Crippen LogP contribution is -2.40. The molecular formula is C23H29N3O3. The molecule has 1 aliphatic carbocycles. The van der Waals surface area contributed by atoms with E-state index < -0.39 is 0 Å². The van der Waals surface area contributed by atoms with Gasteiger partial charge in [0.2, 0.25) is 0 Å². The van der Waals surface area contributed by atoms with Crippen LogP contribution in [0, 0.1) is 6.92 Å². The van der Waals surface area contributed by atoms with Crippen LogP contribution in [-0.2, 0) is 24.1 Å². The molecule has 29 heavy (non-hydrogen) atoms. The molecule has 6 nitrogen and oxygen atoms in total. The molecule has 4 rings (SSSR count). The molecular weight excluding hydrogens is 366 g/mol. The minimum Gasteiger partial charge on any atom is -0.379 e. The van der Waals surface area contributed by atoms with Gasteiger partial charge >= 0.3 is 0 Å². The number of hydrogen-bond acceptors (Lipinski definition) is 4. The second-order valence-electron chi connectivity index (χ2n) is 7.93. The lowest BCUT2D eigenvalue weighted by Gasteiger charge is -2.26. The fourth-order valence-electron chi connectivity index (χ4n) is 4.27. The minimum atomic E-state index is -0.313. The Morgan fingerprint density at radius 3 is 2.72 bits per heavy atom. The van der Waals surface area contributed by atoms with Crippen LogP contribution in [0.3, 0.4) is 0 Å². The van der Waals surface area contributed by atoms with E-state index in [9.17, 15) is 9.59 Å². The number of carbonyl (C=O) groups excluding carboxylic acids is 1. The predicted octanol–water partition coefficient (Wildman–Crippen LogP) is 2.62. The van der Waals surface area contributed by atoms with Gasteiger partial charge in [-0.25, -0.2) is 0 Å². The number of morpholine rings is 1. The van der Waals surface area contributed by atoms with Gasteiger partial charge in [0.05, 0.1) is 13.2 Å². The summed E-state index contributed by atoms with van der Waals surface area (Å²) in [5.74, 6) is -0.313. The normalized spacial score (nSPS) is 17.0. The Morgan fingerprint density at radius 1 is 1.10 bits per heavy atom. The smallest absolute Gasteiger partial charge is 0.263 e. The molecule has 0 radical (unpaired) electrons. The number of rotatable bonds is 5. The van der Waals surface area contributed by atoms with Crippen molar-refractivity contribution in [2.75, 3.05) is 38.2 Å². The molecule has 1 fully saturated rings. The van der Waals surface area contributed by atoms with E-state index in [2.05, 4.69) is 16.3 Å². The first-order valence-corrected chi connectivity index (χ1v) is 10.6. The molecule has 1 aromatic carbocycles. The highest BCUT2D eigenvalue weighted by molar-refractivity contribution is 6.05. The number of fused-ring (bicyclic) bond motifs is 1. The number of nitrogens with one attached hydrogen (secondary N) is 1. The third-order valence-corrected chi connectivity index (χ3v) is 6.01. The van der Waals surface area contributed by atoms with Gasteiger partial charge < -0.3 is 14.6 Å². The van der Waals surface area contributed by atoms with E-state index in [4.69, 9.17) is 4.74 Å². The summed E-state index contributed by atoms with van der Waals surface area (Å²) in [6.07, 6.45) is 6.15. The SMILES string of the molecule is Cc1ccn(CCN2CCOCC2)c(=O)c1C(=O)Nc1cccc2c1CCCC2. The van der Waals surface area contributed by atoms with Gasteiger partial charge in [-0.2, -0.15) is 0 Å². The van der Waals surface area contributed by atoms with E-state index in [1.807, 2.05) is 25.1 Å². The summed E-state index contributed by atoms with van der Waals surface area (Å²) >= 11 is 0. The fourth-order valence-corrected chi connectivity index (χ4v) is 4.27. The van der Waals surface area contributed by atoms with Crippen LogP contribution in [0.2, 0.25) is 0 Å². The topological polar surface area (TPSA) is 63.6 Å². The first-order valence-electron chi connectivity index (χ1n) is 10.6. The van der Waals surface area contributed by atoms with Crippen LogP contribution in [0.5, 0.6) is 0 Å². The number of pyridine rings is 1. The quantitative estimate of drug-likeness (QED) is 0.845. The number of nitrogens with zero attached hydrogens (tertiary/aromatic N) is 2. The maximum Gasteiger partial charge on any atom is 0.263 e. The molecule has 1 aliphatic heterocycles. The second kappa shape index (κ2) is 8.93. The van der Waals surface area contributed by atoms with Gasteiger partial charge in [0, 0.05) is 38.1 Å². The summed E-state index contributed by atoms with van der Waals surface area (Å²) in [7, 11) is 0. The number of aromatic nitrogens is 1. The van der Waals surface area contributed by atoms with E-state index in [-0.39, 0.29) is 17.0 Å². The van der Waals surface area contributed by atoms with Crippen molar-refractivity contribution in [2.45, 2.75) is 39.2 Å². The zero-order valence-corrected chi connectivity index (χ0v) is 17.1. The lowest BCUT2D eigenvalue weighted by molar-refractivity contribution is 0.0363. The zero-order valence-electron chi connectivity index (χ0n) is 17.1. The molecule has 1 amide bonds. The highest BCUT2D eigenvalue weighted by Gasteiger charge is 2.20. The van der Waals surface area contributed by atoms with Crippen molar-refractivity contribution >= 4 is 11.6 Å². The molecule has 0 saturated carbocycles. The van der Waals surface area contributed by atoms with Gasteiger partial charge in [-0.3, -0.25) is 14.5 Å². The van der Waals surface area contributed by atoms with Crippen molar-refractivity contribution in [1.29, 1.82) is 0 Å².